The lowest BCUT2D eigenvalue weighted by atomic mass is 9.91. The zero-order valence-corrected chi connectivity index (χ0v) is 19.1. The van der Waals surface area contributed by atoms with Gasteiger partial charge in [-0.25, -0.2) is 12.8 Å². The number of carbonyl (C=O) groups excluding carboxylic acids is 1. The van der Waals surface area contributed by atoms with Gasteiger partial charge in [0.25, 0.3) is 5.91 Å². The van der Waals surface area contributed by atoms with Crippen molar-refractivity contribution in [3.05, 3.63) is 30.1 Å². The van der Waals surface area contributed by atoms with Crippen LogP contribution in [0.25, 0.3) is 0 Å². The van der Waals surface area contributed by atoms with Gasteiger partial charge in [0, 0.05) is 19.6 Å². The maximum atomic E-state index is 14.0. The standard InChI is InChI=1S/C21H33FN4O3S/c1-5-12-25(30(28,29)18-11-7-6-10-17(18)22)13-8-9-14-26-19(27)21(4,15-16(2)3)24-20(26)23/h6-7,10-11,16H,5,8-9,12-15H2,1-4H3,(H2,23,24). The van der Waals surface area contributed by atoms with E-state index in [-0.39, 0.29) is 23.3 Å². The van der Waals surface area contributed by atoms with Crippen molar-refractivity contribution in [2.75, 3.05) is 19.6 Å². The van der Waals surface area contributed by atoms with Gasteiger partial charge in [-0.15, -0.1) is 0 Å². The SMILES string of the molecule is CCCN(CCCCN1C(=N)NC(C)(CC(C)C)C1=O)S(=O)(=O)c1ccccc1F. The third kappa shape index (κ3) is 5.37. The van der Waals surface area contributed by atoms with Crippen LogP contribution in [-0.2, 0) is 14.8 Å². The summed E-state index contributed by atoms with van der Waals surface area (Å²) in [5.41, 5.74) is -0.770. The Hall–Kier alpha value is -2.00. The largest absolute Gasteiger partial charge is 0.342 e. The Kier molecular flexibility index (Phi) is 7.99. The first-order valence-corrected chi connectivity index (χ1v) is 11.9. The van der Waals surface area contributed by atoms with E-state index in [2.05, 4.69) is 5.32 Å². The Bertz CT molecular complexity index is 875. The number of hydrogen-bond donors (Lipinski definition) is 2. The first-order valence-electron chi connectivity index (χ1n) is 10.5. The van der Waals surface area contributed by atoms with Crippen LogP contribution in [0.4, 0.5) is 4.39 Å². The second-order valence-electron chi connectivity index (χ2n) is 8.40. The van der Waals surface area contributed by atoms with E-state index >= 15 is 0 Å². The molecule has 0 spiro atoms. The zero-order valence-electron chi connectivity index (χ0n) is 18.2. The first kappa shape index (κ1) is 24.3. The lowest BCUT2D eigenvalue weighted by molar-refractivity contribution is -0.131. The summed E-state index contributed by atoms with van der Waals surface area (Å²) < 4.78 is 41.1. The number of nitrogens with zero attached hydrogens (tertiary/aromatic N) is 2. The summed E-state index contributed by atoms with van der Waals surface area (Å²) >= 11 is 0. The number of guanidine groups is 1. The third-order valence-electron chi connectivity index (χ3n) is 5.16. The van der Waals surface area contributed by atoms with Crippen LogP contribution in [0.5, 0.6) is 0 Å². The molecule has 2 N–H and O–H groups in total. The van der Waals surface area contributed by atoms with Crippen LogP contribution in [0.2, 0.25) is 0 Å². The van der Waals surface area contributed by atoms with Gasteiger partial charge < -0.3 is 5.32 Å². The van der Waals surface area contributed by atoms with E-state index in [1.54, 1.807) is 0 Å². The van der Waals surface area contributed by atoms with E-state index in [4.69, 9.17) is 5.41 Å². The molecule has 30 heavy (non-hydrogen) atoms. The van der Waals surface area contributed by atoms with Crippen molar-refractivity contribution in [2.45, 2.75) is 63.8 Å². The number of carbonyl (C=O) groups is 1. The number of rotatable bonds is 11. The van der Waals surface area contributed by atoms with Crippen molar-refractivity contribution >= 4 is 21.9 Å². The Labute approximate surface area is 179 Å². The Morgan fingerprint density at radius 2 is 1.90 bits per heavy atom. The van der Waals surface area contributed by atoms with Crippen LogP contribution in [-0.4, -0.2) is 54.7 Å². The molecule has 1 fully saturated rings. The predicted molar refractivity (Wildman–Crippen MR) is 115 cm³/mol. The summed E-state index contributed by atoms with van der Waals surface area (Å²) in [6.45, 7) is 8.62. The molecular formula is C21H33FN4O3S. The Balaban J connectivity index is 1.98. The molecule has 0 aromatic heterocycles. The van der Waals surface area contributed by atoms with Crippen LogP contribution < -0.4 is 5.32 Å². The van der Waals surface area contributed by atoms with Crippen molar-refractivity contribution in [2.24, 2.45) is 5.92 Å². The summed E-state index contributed by atoms with van der Waals surface area (Å²) in [6.07, 6.45) is 2.29. The average Bonchev–Trinajstić information content (AvgIpc) is 2.85. The molecule has 1 amide bonds. The van der Waals surface area contributed by atoms with Gasteiger partial charge in [-0.05, 0) is 50.7 Å². The third-order valence-corrected chi connectivity index (χ3v) is 7.10. The number of amides is 1. The van der Waals surface area contributed by atoms with Gasteiger partial charge in [0.15, 0.2) is 5.96 Å². The summed E-state index contributed by atoms with van der Waals surface area (Å²) in [5, 5.41) is 11.1. The van der Waals surface area contributed by atoms with Gasteiger partial charge in [-0.3, -0.25) is 15.1 Å². The van der Waals surface area contributed by atoms with Crippen molar-refractivity contribution < 1.29 is 17.6 Å². The summed E-state index contributed by atoms with van der Waals surface area (Å²) in [5.74, 6) is -0.478. The molecular weight excluding hydrogens is 407 g/mol. The minimum absolute atomic E-state index is 0.0903. The highest BCUT2D eigenvalue weighted by Gasteiger charge is 2.45. The van der Waals surface area contributed by atoms with E-state index < -0.39 is 21.4 Å². The fraction of sp³-hybridized carbons (Fsp3) is 0.619. The number of unbranched alkanes of at least 4 members (excludes halogenated alkanes) is 1. The van der Waals surface area contributed by atoms with Crippen molar-refractivity contribution in [3.63, 3.8) is 0 Å². The van der Waals surface area contributed by atoms with Gasteiger partial charge in [0.1, 0.15) is 16.3 Å². The lowest BCUT2D eigenvalue weighted by Crippen LogP contribution is -2.45. The average molecular weight is 441 g/mol. The van der Waals surface area contributed by atoms with Gasteiger partial charge in [0.2, 0.25) is 10.0 Å². The zero-order chi connectivity index (χ0) is 22.5. The smallest absolute Gasteiger partial charge is 0.254 e. The van der Waals surface area contributed by atoms with E-state index in [1.807, 2.05) is 27.7 Å². The first-order chi connectivity index (χ1) is 14.0. The van der Waals surface area contributed by atoms with Crippen molar-refractivity contribution in [3.8, 4) is 0 Å². The van der Waals surface area contributed by atoms with E-state index in [0.29, 0.717) is 44.7 Å². The monoisotopic (exact) mass is 440 g/mol. The summed E-state index contributed by atoms with van der Waals surface area (Å²) in [4.78, 5) is 13.9. The molecule has 2 rings (SSSR count). The van der Waals surface area contributed by atoms with Crippen molar-refractivity contribution in [1.82, 2.24) is 14.5 Å². The maximum Gasteiger partial charge on any atom is 0.254 e. The fourth-order valence-electron chi connectivity index (χ4n) is 3.90. The molecule has 168 valence electrons. The second-order valence-corrected chi connectivity index (χ2v) is 10.3. The van der Waals surface area contributed by atoms with Gasteiger partial charge in [0.05, 0.1) is 0 Å². The molecule has 1 atom stereocenters. The van der Waals surface area contributed by atoms with Gasteiger partial charge in [-0.2, -0.15) is 4.31 Å². The molecule has 0 aliphatic carbocycles. The van der Waals surface area contributed by atoms with Crippen LogP contribution >= 0.6 is 0 Å². The quantitative estimate of drug-likeness (QED) is 0.517. The van der Waals surface area contributed by atoms with Crippen LogP contribution in [0.1, 0.15) is 53.4 Å². The molecule has 1 aliphatic rings. The van der Waals surface area contributed by atoms with Crippen LogP contribution in [0.3, 0.4) is 0 Å². The summed E-state index contributed by atoms with van der Waals surface area (Å²) in [7, 11) is -3.92. The molecule has 1 aromatic rings. The van der Waals surface area contributed by atoms with Gasteiger partial charge in [-0.1, -0.05) is 32.9 Å². The number of sulfonamides is 1. The van der Waals surface area contributed by atoms with E-state index in [1.165, 1.54) is 27.4 Å². The number of benzene rings is 1. The van der Waals surface area contributed by atoms with Crippen LogP contribution in [0.15, 0.2) is 29.2 Å². The minimum atomic E-state index is -3.92. The highest BCUT2D eigenvalue weighted by atomic mass is 32.2. The maximum absolute atomic E-state index is 14.0. The molecule has 1 saturated heterocycles. The molecule has 0 saturated carbocycles. The molecule has 1 unspecified atom stereocenters. The number of halogens is 1. The molecule has 1 heterocycles. The topological polar surface area (TPSA) is 93.6 Å². The number of nitrogens with one attached hydrogen (secondary N) is 2. The highest BCUT2D eigenvalue weighted by Crippen LogP contribution is 2.25. The Morgan fingerprint density at radius 1 is 1.23 bits per heavy atom. The minimum Gasteiger partial charge on any atom is -0.342 e. The van der Waals surface area contributed by atoms with Crippen molar-refractivity contribution in [1.29, 1.82) is 5.41 Å². The molecule has 1 aliphatic heterocycles. The van der Waals surface area contributed by atoms with Crippen LogP contribution in [0, 0.1) is 17.1 Å². The fourth-order valence-corrected chi connectivity index (χ4v) is 5.54. The van der Waals surface area contributed by atoms with E-state index in [9.17, 15) is 17.6 Å². The second kappa shape index (κ2) is 9.87. The number of hydrogen-bond acceptors (Lipinski definition) is 4. The van der Waals surface area contributed by atoms with Gasteiger partial charge >= 0.3 is 0 Å². The normalized spacial score (nSPS) is 19.8. The molecule has 9 heteroatoms. The lowest BCUT2D eigenvalue weighted by Gasteiger charge is -2.24. The highest BCUT2D eigenvalue weighted by molar-refractivity contribution is 7.89. The molecule has 0 bridgehead atoms. The molecule has 0 radical (unpaired) electrons. The molecule has 7 nitrogen and oxygen atoms in total. The predicted octanol–water partition coefficient (Wildman–Crippen LogP) is 3.18. The van der Waals surface area contributed by atoms with E-state index in [0.717, 1.165) is 6.07 Å². The molecule has 1 aromatic carbocycles. The summed E-state index contributed by atoms with van der Waals surface area (Å²) in [6, 6.07) is 5.38. The Morgan fingerprint density at radius 3 is 2.50 bits per heavy atom.